The summed E-state index contributed by atoms with van der Waals surface area (Å²) in [5.74, 6) is 0.826. The highest BCUT2D eigenvalue weighted by Crippen LogP contribution is 2.25. The number of rotatable bonds is 24. The van der Waals surface area contributed by atoms with Crippen LogP contribution in [0.25, 0.3) is 0 Å². The summed E-state index contributed by atoms with van der Waals surface area (Å²) >= 11 is 0. The first-order chi connectivity index (χ1) is 17.3. The molecule has 0 saturated heterocycles. The molecule has 0 aliphatic heterocycles. The van der Waals surface area contributed by atoms with E-state index in [9.17, 15) is 5.41 Å². The van der Waals surface area contributed by atoms with Crippen molar-refractivity contribution in [2.75, 3.05) is 0 Å². The Morgan fingerprint density at radius 1 is 0.417 bits per heavy atom. The molecule has 0 bridgehead atoms. The van der Waals surface area contributed by atoms with E-state index in [4.69, 9.17) is 0 Å². The number of guanidine groups is 1. The van der Waals surface area contributed by atoms with E-state index < -0.39 is 0 Å². The Bertz CT molecular complexity index is 413. The fraction of sp³-hybridized carbons (Fsp3) is 0.970. The van der Waals surface area contributed by atoms with Crippen molar-refractivity contribution in [3.05, 3.63) is 0 Å². The van der Waals surface area contributed by atoms with E-state index in [2.05, 4.69) is 65.2 Å². The maximum absolute atomic E-state index is 9.64. The minimum Gasteiger partial charge on any atom is -0.338 e. The summed E-state index contributed by atoms with van der Waals surface area (Å²) in [5, 5.41) is 9.64. The Morgan fingerprint density at radius 3 is 0.833 bits per heavy atom. The van der Waals surface area contributed by atoms with Gasteiger partial charge >= 0.3 is 0 Å². The van der Waals surface area contributed by atoms with Crippen LogP contribution in [0.4, 0.5) is 0 Å². The molecule has 4 atom stereocenters. The molecule has 0 spiro atoms. The van der Waals surface area contributed by atoms with Gasteiger partial charge in [0.25, 0.3) is 0 Å². The summed E-state index contributed by atoms with van der Waals surface area (Å²) < 4.78 is 0. The highest BCUT2D eigenvalue weighted by Gasteiger charge is 2.31. The molecule has 0 saturated carbocycles. The van der Waals surface area contributed by atoms with Gasteiger partial charge in [0.05, 0.1) is 0 Å². The number of nitrogens with zero attached hydrogens (tertiary/aromatic N) is 2. The molecule has 0 aromatic carbocycles. The van der Waals surface area contributed by atoms with E-state index in [0.29, 0.717) is 24.2 Å². The second-order valence-electron chi connectivity index (χ2n) is 11.9. The highest BCUT2D eigenvalue weighted by molar-refractivity contribution is 5.78. The van der Waals surface area contributed by atoms with Gasteiger partial charge in [0, 0.05) is 24.2 Å². The average Bonchev–Trinajstić information content (AvgIpc) is 2.85. The van der Waals surface area contributed by atoms with E-state index in [-0.39, 0.29) is 0 Å². The van der Waals surface area contributed by atoms with Crippen LogP contribution >= 0.6 is 0 Å². The van der Waals surface area contributed by atoms with Gasteiger partial charge in [-0.1, -0.05) is 130 Å². The summed E-state index contributed by atoms with van der Waals surface area (Å²) in [6.07, 6.45) is 25.9. The lowest BCUT2D eigenvalue weighted by atomic mass is 10.0. The fourth-order valence-corrected chi connectivity index (χ4v) is 5.86. The molecule has 0 rings (SSSR count). The molecule has 0 aliphatic carbocycles. The third kappa shape index (κ3) is 15.5. The van der Waals surface area contributed by atoms with Crippen molar-refractivity contribution in [1.82, 2.24) is 9.80 Å². The predicted octanol–water partition coefficient (Wildman–Crippen LogP) is 11.0. The maximum atomic E-state index is 9.64. The van der Waals surface area contributed by atoms with E-state index in [1.54, 1.807) is 0 Å². The third-order valence-corrected chi connectivity index (χ3v) is 8.29. The van der Waals surface area contributed by atoms with Crippen LogP contribution in [-0.4, -0.2) is 39.9 Å². The second kappa shape index (κ2) is 23.4. The first-order valence-corrected chi connectivity index (χ1v) is 16.5. The zero-order valence-corrected chi connectivity index (χ0v) is 26.3. The number of hydrogen-bond acceptors (Lipinski definition) is 1. The lowest BCUT2D eigenvalue weighted by Gasteiger charge is -2.46. The minimum atomic E-state index is 0.442. The predicted molar refractivity (Wildman–Crippen MR) is 164 cm³/mol. The van der Waals surface area contributed by atoms with Gasteiger partial charge in [0.1, 0.15) is 0 Å². The van der Waals surface area contributed by atoms with Crippen molar-refractivity contribution in [2.24, 2.45) is 0 Å². The van der Waals surface area contributed by atoms with Crippen LogP contribution in [0.3, 0.4) is 0 Å². The van der Waals surface area contributed by atoms with Crippen LogP contribution in [0, 0.1) is 5.41 Å². The van der Waals surface area contributed by atoms with E-state index in [1.807, 2.05) is 0 Å². The Balaban J connectivity index is 5.63. The van der Waals surface area contributed by atoms with Gasteiger partial charge in [-0.05, 0) is 53.4 Å². The molecular formula is C33H69N3. The minimum absolute atomic E-state index is 0.442. The Hall–Kier alpha value is -0.730. The fourth-order valence-electron chi connectivity index (χ4n) is 5.86. The number of hydrogen-bond donors (Lipinski definition) is 1. The summed E-state index contributed by atoms with van der Waals surface area (Å²) in [6.45, 7) is 18.8. The molecule has 0 heterocycles. The van der Waals surface area contributed by atoms with Crippen LogP contribution in [0.5, 0.6) is 0 Å². The molecule has 36 heavy (non-hydrogen) atoms. The first-order valence-electron chi connectivity index (χ1n) is 16.5. The molecule has 3 heteroatoms. The maximum Gasteiger partial charge on any atom is 0.194 e. The second-order valence-corrected chi connectivity index (χ2v) is 11.9. The zero-order valence-electron chi connectivity index (χ0n) is 26.3. The Morgan fingerprint density at radius 2 is 0.639 bits per heavy atom. The quantitative estimate of drug-likeness (QED) is 0.0799. The van der Waals surface area contributed by atoms with Crippen LogP contribution in [0.1, 0.15) is 184 Å². The molecule has 0 aliphatic rings. The normalized spacial score (nSPS) is 14.9. The van der Waals surface area contributed by atoms with Gasteiger partial charge in [0.2, 0.25) is 0 Å². The largest absolute Gasteiger partial charge is 0.338 e. The molecule has 0 aromatic rings. The van der Waals surface area contributed by atoms with Gasteiger partial charge in [0.15, 0.2) is 5.96 Å². The monoisotopic (exact) mass is 508 g/mol. The Labute approximate surface area is 229 Å². The average molecular weight is 508 g/mol. The van der Waals surface area contributed by atoms with Gasteiger partial charge in [-0.3, -0.25) is 5.41 Å². The van der Waals surface area contributed by atoms with Gasteiger partial charge in [-0.15, -0.1) is 0 Å². The zero-order chi connectivity index (χ0) is 27.2. The molecule has 1 N–H and O–H groups in total. The molecule has 0 aromatic heterocycles. The van der Waals surface area contributed by atoms with Crippen molar-refractivity contribution in [2.45, 2.75) is 208 Å². The number of nitrogens with one attached hydrogen (secondary N) is 1. The SMILES string of the molecule is CCCCCCC(C)N(C(=N)N(C(C)CCCCCC)C(C)CCCCCC)C(C)CCCCCC. The van der Waals surface area contributed by atoms with Crippen molar-refractivity contribution in [3.8, 4) is 0 Å². The van der Waals surface area contributed by atoms with Crippen molar-refractivity contribution in [3.63, 3.8) is 0 Å². The molecule has 0 amide bonds. The summed E-state index contributed by atoms with van der Waals surface area (Å²) in [5.41, 5.74) is 0. The van der Waals surface area contributed by atoms with Crippen LogP contribution in [-0.2, 0) is 0 Å². The van der Waals surface area contributed by atoms with E-state index in [1.165, 1.54) is 128 Å². The lowest BCUT2D eigenvalue weighted by molar-refractivity contribution is 0.151. The molecule has 0 fully saturated rings. The van der Waals surface area contributed by atoms with Crippen molar-refractivity contribution in [1.29, 1.82) is 5.41 Å². The summed E-state index contributed by atoms with van der Waals surface area (Å²) in [4.78, 5) is 5.09. The van der Waals surface area contributed by atoms with E-state index >= 15 is 0 Å². The summed E-state index contributed by atoms with van der Waals surface area (Å²) in [7, 11) is 0. The Kier molecular flexibility index (Phi) is 22.9. The van der Waals surface area contributed by atoms with Gasteiger partial charge in [-0.25, -0.2) is 0 Å². The molecule has 0 radical (unpaired) electrons. The lowest BCUT2D eigenvalue weighted by Crippen LogP contribution is -2.56. The highest BCUT2D eigenvalue weighted by atomic mass is 15.4. The molecular weight excluding hydrogens is 438 g/mol. The smallest absolute Gasteiger partial charge is 0.194 e. The van der Waals surface area contributed by atoms with E-state index in [0.717, 1.165) is 5.96 Å². The standard InChI is InChI=1S/C33H69N3/c1-9-13-17-21-25-29(5)35(30(6)26-22-18-14-10-2)33(34)36(31(7)27-23-19-15-11-3)32(8)28-24-20-16-12-4/h29-32,34H,9-28H2,1-8H3. The molecule has 3 nitrogen and oxygen atoms in total. The van der Waals surface area contributed by atoms with Crippen molar-refractivity contribution >= 4 is 5.96 Å². The van der Waals surface area contributed by atoms with Crippen LogP contribution in [0.2, 0.25) is 0 Å². The van der Waals surface area contributed by atoms with Crippen molar-refractivity contribution < 1.29 is 0 Å². The van der Waals surface area contributed by atoms with Gasteiger partial charge in [-0.2, -0.15) is 0 Å². The first kappa shape index (κ1) is 35.3. The summed E-state index contributed by atoms with van der Waals surface area (Å²) in [6, 6.07) is 1.77. The number of unbranched alkanes of at least 4 members (excludes halogenated alkanes) is 12. The molecule has 4 unspecified atom stereocenters. The van der Waals surface area contributed by atoms with Crippen LogP contribution < -0.4 is 0 Å². The molecule has 216 valence electrons. The van der Waals surface area contributed by atoms with Crippen LogP contribution in [0.15, 0.2) is 0 Å². The third-order valence-electron chi connectivity index (χ3n) is 8.29. The van der Waals surface area contributed by atoms with Gasteiger partial charge < -0.3 is 9.80 Å². The topological polar surface area (TPSA) is 30.3 Å².